The number of carboxylic acid groups (broad SMARTS) is 1. The third-order valence-corrected chi connectivity index (χ3v) is 2.12. The van der Waals surface area contributed by atoms with Crippen molar-refractivity contribution in [2.24, 2.45) is 0 Å². The average Bonchev–Trinajstić information content (AvgIpc) is 2.33. The van der Waals surface area contributed by atoms with E-state index < -0.39 is 5.97 Å². The van der Waals surface area contributed by atoms with Gasteiger partial charge < -0.3 is 5.11 Å². The van der Waals surface area contributed by atoms with Gasteiger partial charge in [-0.2, -0.15) is 5.10 Å². The molecule has 0 aliphatic heterocycles. The van der Waals surface area contributed by atoms with Crippen LogP contribution in [0.3, 0.4) is 0 Å². The first-order valence-electron chi connectivity index (χ1n) is 4.88. The Kier molecular flexibility index (Phi) is 2.95. The van der Waals surface area contributed by atoms with Crippen LogP contribution in [-0.4, -0.2) is 25.8 Å². The van der Waals surface area contributed by atoms with E-state index in [1.54, 1.807) is 24.4 Å². The van der Waals surface area contributed by atoms with Crippen LogP contribution in [0.4, 0.5) is 0 Å². The van der Waals surface area contributed by atoms with Crippen molar-refractivity contribution in [1.29, 1.82) is 0 Å². The Balaban J connectivity index is 2.36. The number of rotatable bonds is 3. The molecule has 0 saturated carbocycles. The zero-order valence-corrected chi connectivity index (χ0v) is 8.78. The zero-order chi connectivity index (χ0) is 12.3. The highest BCUT2D eigenvalue weighted by atomic mass is 16.4. The molecule has 86 valence electrons. The van der Waals surface area contributed by atoms with Crippen LogP contribution in [0.25, 0.3) is 0 Å². The van der Waals surface area contributed by atoms with Gasteiger partial charge in [-0.05, 0) is 18.2 Å². The topological polar surface area (TPSA) is 85.1 Å². The van der Waals surface area contributed by atoms with E-state index in [1.807, 2.05) is 0 Å². The van der Waals surface area contributed by atoms with E-state index in [9.17, 15) is 9.59 Å². The first kappa shape index (κ1) is 11.0. The summed E-state index contributed by atoms with van der Waals surface area (Å²) in [6, 6.07) is 7.64. The second kappa shape index (κ2) is 4.56. The van der Waals surface area contributed by atoms with Gasteiger partial charge in [0.15, 0.2) is 5.69 Å². The summed E-state index contributed by atoms with van der Waals surface area (Å²) >= 11 is 0. The highest BCUT2D eigenvalue weighted by Crippen LogP contribution is 1.96. The van der Waals surface area contributed by atoms with Crippen molar-refractivity contribution in [2.75, 3.05) is 0 Å². The van der Waals surface area contributed by atoms with Gasteiger partial charge in [0, 0.05) is 12.3 Å². The number of hydrogen-bond donors (Lipinski definition) is 1. The van der Waals surface area contributed by atoms with Crippen molar-refractivity contribution in [3.8, 4) is 0 Å². The van der Waals surface area contributed by atoms with Crippen LogP contribution >= 0.6 is 0 Å². The molecule has 0 amide bonds. The van der Waals surface area contributed by atoms with Gasteiger partial charge in [-0.1, -0.05) is 6.07 Å². The Labute approximate surface area is 96.2 Å². The molecule has 0 unspecified atom stereocenters. The summed E-state index contributed by atoms with van der Waals surface area (Å²) in [5.74, 6) is -1.17. The lowest BCUT2D eigenvalue weighted by molar-refractivity contribution is 0.0687. The van der Waals surface area contributed by atoms with Gasteiger partial charge in [-0.25, -0.2) is 9.48 Å². The minimum atomic E-state index is -1.17. The standard InChI is InChI=1S/C11H9N3O3/c15-10-5-4-9(11(16)17)13-14(10)7-8-3-1-2-6-12-8/h1-6H,7H2,(H,16,17). The Morgan fingerprint density at radius 1 is 1.29 bits per heavy atom. The third kappa shape index (κ3) is 2.54. The number of pyridine rings is 1. The molecule has 0 aromatic carbocycles. The molecular formula is C11H9N3O3. The Hall–Kier alpha value is -2.50. The summed E-state index contributed by atoms with van der Waals surface area (Å²) in [6.07, 6.45) is 1.60. The molecule has 0 aliphatic rings. The maximum atomic E-state index is 11.5. The Morgan fingerprint density at radius 3 is 2.76 bits per heavy atom. The van der Waals surface area contributed by atoms with Gasteiger partial charge in [0.05, 0.1) is 12.2 Å². The molecule has 1 N–H and O–H groups in total. The first-order chi connectivity index (χ1) is 8.16. The lowest BCUT2D eigenvalue weighted by atomic mass is 10.3. The summed E-state index contributed by atoms with van der Waals surface area (Å²) < 4.78 is 1.08. The Morgan fingerprint density at radius 2 is 2.12 bits per heavy atom. The molecule has 6 nitrogen and oxygen atoms in total. The van der Waals surface area contributed by atoms with E-state index >= 15 is 0 Å². The number of nitrogens with zero attached hydrogens (tertiary/aromatic N) is 3. The highest BCUT2D eigenvalue weighted by molar-refractivity contribution is 5.84. The van der Waals surface area contributed by atoms with E-state index in [-0.39, 0.29) is 17.8 Å². The monoisotopic (exact) mass is 231 g/mol. The molecule has 0 bridgehead atoms. The van der Waals surface area contributed by atoms with E-state index in [0.717, 1.165) is 4.68 Å². The second-order valence-corrected chi connectivity index (χ2v) is 3.34. The predicted molar refractivity (Wildman–Crippen MR) is 58.8 cm³/mol. The van der Waals surface area contributed by atoms with Gasteiger partial charge in [-0.15, -0.1) is 0 Å². The van der Waals surface area contributed by atoms with Crippen LogP contribution in [0.5, 0.6) is 0 Å². The maximum Gasteiger partial charge on any atom is 0.356 e. The lowest BCUT2D eigenvalue weighted by Gasteiger charge is -2.04. The quantitative estimate of drug-likeness (QED) is 0.825. The van der Waals surface area contributed by atoms with E-state index in [1.165, 1.54) is 12.1 Å². The molecule has 17 heavy (non-hydrogen) atoms. The predicted octanol–water partition coefficient (Wildman–Crippen LogP) is 0.385. The van der Waals surface area contributed by atoms with Crippen molar-refractivity contribution in [3.63, 3.8) is 0 Å². The van der Waals surface area contributed by atoms with E-state index in [4.69, 9.17) is 5.11 Å². The fraction of sp³-hybridized carbons (Fsp3) is 0.0909. The van der Waals surface area contributed by atoms with Gasteiger partial charge in [0.1, 0.15) is 0 Å². The number of carbonyl (C=O) groups is 1. The molecule has 0 aliphatic carbocycles. The summed E-state index contributed by atoms with van der Waals surface area (Å²) in [5, 5.41) is 12.5. The highest BCUT2D eigenvalue weighted by Gasteiger charge is 2.07. The van der Waals surface area contributed by atoms with E-state index in [2.05, 4.69) is 10.1 Å². The van der Waals surface area contributed by atoms with Crippen LogP contribution in [0.15, 0.2) is 41.3 Å². The number of aromatic nitrogens is 3. The molecular weight excluding hydrogens is 222 g/mol. The molecule has 6 heteroatoms. The van der Waals surface area contributed by atoms with Crippen LogP contribution in [0.2, 0.25) is 0 Å². The molecule has 2 aromatic rings. The first-order valence-corrected chi connectivity index (χ1v) is 4.88. The summed E-state index contributed by atoms with van der Waals surface area (Å²) in [4.78, 5) is 26.2. The number of hydrogen-bond acceptors (Lipinski definition) is 4. The van der Waals surface area contributed by atoms with Crippen molar-refractivity contribution in [1.82, 2.24) is 14.8 Å². The third-order valence-electron chi connectivity index (χ3n) is 2.12. The van der Waals surface area contributed by atoms with Gasteiger partial charge in [-0.3, -0.25) is 9.78 Å². The van der Waals surface area contributed by atoms with Crippen molar-refractivity contribution in [3.05, 3.63) is 58.3 Å². The molecule has 0 radical (unpaired) electrons. The fourth-order valence-electron chi connectivity index (χ4n) is 1.32. The van der Waals surface area contributed by atoms with Crippen LogP contribution in [0, 0.1) is 0 Å². The molecule has 0 fully saturated rings. The van der Waals surface area contributed by atoms with Crippen molar-refractivity contribution in [2.45, 2.75) is 6.54 Å². The zero-order valence-electron chi connectivity index (χ0n) is 8.78. The normalized spacial score (nSPS) is 10.1. The summed E-state index contributed by atoms with van der Waals surface area (Å²) in [6.45, 7) is 0.154. The smallest absolute Gasteiger partial charge is 0.356 e. The number of aromatic carboxylic acids is 1. The molecule has 0 spiro atoms. The van der Waals surface area contributed by atoms with E-state index in [0.29, 0.717) is 5.69 Å². The lowest BCUT2D eigenvalue weighted by Crippen LogP contribution is -2.25. The SMILES string of the molecule is O=C(O)c1ccc(=O)n(Cc2ccccn2)n1. The average molecular weight is 231 g/mol. The molecule has 2 rings (SSSR count). The van der Waals surface area contributed by atoms with Crippen LogP contribution in [-0.2, 0) is 6.54 Å². The van der Waals surface area contributed by atoms with Crippen LogP contribution < -0.4 is 5.56 Å². The number of carboxylic acids is 1. The van der Waals surface area contributed by atoms with Gasteiger partial charge in [0.25, 0.3) is 5.56 Å². The largest absolute Gasteiger partial charge is 0.476 e. The minimum absolute atomic E-state index is 0.154. The second-order valence-electron chi connectivity index (χ2n) is 3.34. The van der Waals surface area contributed by atoms with Gasteiger partial charge in [0.2, 0.25) is 0 Å². The van der Waals surface area contributed by atoms with Gasteiger partial charge >= 0.3 is 5.97 Å². The molecule has 0 atom stereocenters. The molecule has 2 heterocycles. The molecule has 2 aromatic heterocycles. The summed E-state index contributed by atoms with van der Waals surface area (Å²) in [7, 11) is 0. The molecule has 0 saturated heterocycles. The maximum absolute atomic E-state index is 11.5. The Bertz CT molecular complexity index is 592. The summed E-state index contributed by atoms with van der Waals surface area (Å²) in [5.41, 5.74) is 0.117. The fourth-order valence-corrected chi connectivity index (χ4v) is 1.32. The van der Waals surface area contributed by atoms with Crippen LogP contribution in [0.1, 0.15) is 16.2 Å². The van der Waals surface area contributed by atoms with Crippen molar-refractivity contribution < 1.29 is 9.90 Å². The van der Waals surface area contributed by atoms with Crippen molar-refractivity contribution >= 4 is 5.97 Å². The minimum Gasteiger partial charge on any atom is -0.476 e.